The third-order valence-corrected chi connectivity index (χ3v) is 7.60. The molecule has 0 saturated heterocycles. The average molecular weight is 474 g/mol. The number of sulfone groups is 1. The highest BCUT2D eigenvalue weighted by Crippen LogP contribution is 2.49. The molecule has 152 valence electrons. The minimum Gasteiger partial charge on any atom is -0.496 e. The maximum atomic E-state index is 15.3. The molecule has 0 aliphatic carbocycles. The summed E-state index contributed by atoms with van der Waals surface area (Å²) < 4.78 is 62.3. The minimum atomic E-state index is -4.90. The van der Waals surface area contributed by atoms with Crippen LogP contribution in [0.25, 0.3) is 0 Å². The summed E-state index contributed by atoms with van der Waals surface area (Å²) in [5, 5.41) is -3.88. The lowest BCUT2D eigenvalue weighted by Gasteiger charge is -2.29. The Bertz CT molecular complexity index is 951. The summed E-state index contributed by atoms with van der Waals surface area (Å²) in [6, 6.07) is 11.7. The number of nitrogens with zero attached hydrogens (tertiary/aromatic N) is 1. The number of halogens is 3. The molecule has 1 atom stereocenters. The Morgan fingerprint density at radius 2 is 1.93 bits per heavy atom. The van der Waals surface area contributed by atoms with Crippen molar-refractivity contribution >= 4 is 37.1 Å². The highest BCUT2D eigenvalue weighted by Gasteiger charge is 2.56. The summed E-state index contributed by atoms with van der Waals surface area (Å²) in [4.78, 5) is 1.25. The Kier molecular flexibility index (Phi) is 6.00. The molecule has 2 aromatic rings. The zero-order valence-corrected chi connectivity index (χ0v) is 18.1. The second kappa shape index (κ2) is 7.99. The topological polar surface area (TPSA) is 46.6 Å². The van der Waals surface area contributed by atoms with E-state index in [0.29, 0.717) is 23.0 Å². The van der Waals surface area contributed by atoms with Crippen molar-refractivity contribution in [2.45, 2.75) is 36.3 Å². The lowest BCUT2D eigenvalue weighted by molar-refractivity contribution is 0.0264. The first kappa shape index (κ1) is 21.0. The first-order valence-electron chi connectivity index (χ1n) is 9.06. The van der Waals surface area contributed by atoms with Crippen molar-refractivity contribution in [3.8, 4) is 5.75 Å². The van der Waals surface area contributed by atoms with E-state index < -0.39 is 25.9 Å². The van der Waals surface area contributed by atoms with Crippen molar-refractivity contribution in [1.29, 1.82) is 0 Å². The molecule has 0 amide bonds. The number of hydrogen-bond donors (Lipinski definition) is 0. The van der Waals surface area contributed by atoms with Gasteiger partial charge in [0, 0.05) is 18.3 Å². The first-order valence-corrected chi connectivity index (χ1v) is 11.3. The molecule has 28 heavy (non-hydrogen) atoms. The summed E-state index contributed by atoms with van der Waals surface area (Å²) in [6.45, 7) is 1.80. The van der Waals surface area contributed by atoms with Gasteiger partial charge in [0.25, 0.3) is 0 Å². The molecule has 1 unspecified atom stereocenters. The number of para-hydroxylation sites is 1. The Hall–Kier alpha value is -1.67. The van der Waals surface area contributed by atoms with Crippen LogP contribution >= 0.6 is 15.9 Å². The number of rotatable bonds is 5. The number of alkyl halides is 2. The Morgan fingerprint density at radius 1 is 1.25 bits per heavy atom. The van der Waals surface area contributed by atoms with Crippen LogP contribution in [-0.4, -0.2) is 27.3 Å². The molecule has 1 heterocycles. The van der Waals surface area contributed by atoms with Gasteiger partial charge in [0.2, 0.25) is 9.84 Å². The molecule has 4 nitrogen and oxygen atoms in total. The van der Waals surface area contributed by atoms with Crippen LogP contribution in [0.3, 0.4) is 0 Å². The number of ether oxygens (including phenoxy) is 1. The maximum absolute atomic E-state index is 15.3. The summed E-state index contributed by atoms with van der Waals surface area (Å²) in [7, 11) is -3.53. The summed E-state index contributed by atoms with van der Waals surface area (Å²) in [6.07, 6.45) is 1.37. The van der Waals surface area contributed by atoms with E-state index in [1.54, 1.807) is 29.2 Å². The van der Waals surface area contributed by atoms with Crippen molar-refractivity contribution in [1.82, 2.24) is 0 Å². The second-order valence-electron chi connectivity index (χ2n) is 6.81. The standard InChI is InChI=1S/C20H22BrF2NO3S/c1-3-4-8-14-13-24(15-9-6-5-7-10-15)17-11-16(21)18(27-2)12-19(17)28(25,26)20(14,22)23/h5-7,9-12,14H,3-4,8,13H2,1-2H3. The van der Waals surface area contributed by atoms with Gasteiger partial charge in [-0.15, -0.1) is 0 Å². The van der Waals surface area contributed by atoms with Gasteiger partial charge in [0.15, 0.2) is 0 Å². The van der Waals surface area contributed by atoms with Crippen LogP contribution in [-0.2, 0) is 9.84 Å². The van der Waals surface area contributed by atoms with Gasteiger partial charge in [-0.05, 0) is 40.5 Å². The summed E-state index contributed by atoms with van der Waals surface area (Å²) >= 11 is 3.35. The molecular weight excluding hydrogens is 452 g/mol. The third-order valence-electron chi connectivity index (χ3n) is 5.02. The molecule has 0 aromatic heterocycles. The zero-order valence-electron chi connectivity index (χ0n) is 15.7. The molecule has 3 rings (SSSR count). The molecule has 0 N–H and O–H groups in total. The van der Waals surface area contributed by atoms with Crippen molar-refractivity contribution in [3.05, 3.63) is 46.9 Å². The lowest BCUT2D eigenvalue weighted by Crippen LogP contribution is -2.40. The highest BCUT2D eigenvalue weighted by atomic mass is 79.9. The fourth-order valence-corrected chi connectivity index (χ4v) is 5.58. The molecule has 8 heteroatoms. The van der Waals surface area contributed by atoms with Gasteiger partial charge in [0.05, 0.1) is 23.2 Å². The van der Waals surface area contributed by atoms with Crippen molar-refractivity contribution in [3.63, 3.8) is 0 Å². The fourth-order valence-electron chi connectivity index (χ4n) is 3.46. The second-order valence-corrected chi connectivity index (χ2v) is 9.65. The van der Waals surface area contributed by atoms with Gasteiger partial charge >= 0.3 is 5.25 Å². The molecule has 0 bridgehead atoms. The van der Waals surface area contributed by atoms with Gasteiger partial charge in [-0.1, -0.05) is 38.0 Å². The van der Waals surface area contributed by atoms with E-state index >= 15 is 8.78 Å². The number of anilines is 2. The Morgan fingerprint density at radius 3 is 2.54 bits per heavy atom. The van der Waals surface area contributed by atoms with Gasteiger partial charge in [-0.2, -0.15) is 8.78 Å². The van der Waals surface area contributed by atoms with Gasteiger partial charge in [-0.25, -0.2) is 8.42 Å². The van der Waals surface area contributed by atoms with Crippen molar-refractivity contribution in [2.24, 2.45) is 5.92 Å². The van der Waals surface area contributed by atoms with Crippen LogP contribution in [0.4, 0.5) is 20.2 Å². The minimum absolute atomic E-state index is 0.0952. The van der Waals surface area contributed by atoms with Crippen molar-refractivity contribution in [2.75, 3.05) is 18.6 Å². The van der Waals surface area contributed by atoms with E-state index in [0.717, 1.165) is 0 Å². The molecule has 1 aliphatic rings. The van der Waals surface area contributed by atoms with E-state index in [9.17, 15) is 8.42 Å². The molecule has 0 saturated carbocycles. The maximum Gasteiger partial charge on any atom is 0.354 e. The van der Waals surface area contributed by atoms with Crippen LogP contribution in [0, 0.1) is 5.92 Å². The van der Waals surface area contributed by atoms with Gasteiger partial charge < -0.3 is 9.64 Å². The molecule has 0 spiro atoms. The molecule has 2 aromatic carbocycles. The van der Waals surface area contributed by atoms with Gasteiger partial charge in [-0.3, -0.25) is 0 Å². The van der Waals surface area contributed by atoms with E-state index in [2.05, 4.69) is 15.9 Å². The van der Waals surface area contributed by atoms with Crippen LogP contribution in [0.2, 0.25) is 0 Å². The number of unbranched alkanes of at least 4 members (excludes halogenated alkanes) is 1. The Balaban J connectivity index is 2.28. The molecule has 0 fully saturated rings. The average Bonchev–Trinajstić information content (AvgIpc) is 2.73. The molecular formula is C20H22BrF2NO3S. The van der Waals surface area contributed by atoms with Crippen LogP contribution in [0.5, 0.6) is 5.75 Å². The van der Waals surface area contributed by atoms with Crippen LogP contribution in [0.1, 0.15) is 26.2 Å². The van der Waals surface area contributed by atoms with E-state index in [-0.39, 0.29) is 24.4 Å². The number of methoxy groups -OCH3 is 1. The third kappa shape index (κ3) is 3.52. The summed E-state index contributed by atoms with van der Waals surface area (Å²) in [5.41, 5.74) is 0.882. The van der Waals surface area contributed by atoms with Crippen LogP contribution in [0.15, 0.2) is 51.8 Å². The zero-order chi connectivity index (χ0) is 20.5. The molecule has 0 radical (unpaired) electrons. The smallest absolute Gasteiger partial charge is 0.354 e. The number of fused-ring (bicyclic) bond motifs is 1. The Labute approximate surface area is 172 Å². The number of hydrogen-bond acceptors (Lipinski definition) is 4. The highest BCUT2D eigenvalue weighted by molar-refractivity contribution is 9.10. The summed E-state index contributed by atoms with van der Waals surface area (Å²) in [5.74, 6) is -1.13. The predicted octanol–water partition coefficient (Wildman–Crippen LogP) is 5.78. The van der Waals surface area contributed by atoms with E-state index in [1.807, 2.05) is 13.0 Å². The van der Waals surface area contributed by atoms with E-state index in [1.165, 1.54) is 19.2 Å². The SMILES string of the molecule is CCCCC1CN(c2ccccc2)c2cc(Br)c(OC)cc2S(=O)(=O)C1(F)F. The quantitative estimate of drug-likeness (QED) is 0.551. The fraction of sp³-hybridized carbons (Fsp3) is 0.400. The monoisotopic (exact) mass is 473 g/mol. The predicted molar refractivity (Wildman–Crippen MR) is 109 cm³/mol. The number of benzene rings is 2. The first-order chi connectivity index (χ1) is 13.2. The van der Waals surface area contributed by atoms with E-state index in [4.69, 9.17) is 4.74 Å². The van der Waals surface area contributed by atoms with Gasteiger partial charge in [0.1, 0.15) is 10.6 Å². The lowest BCUT2D eigenvalue weighted by atomic mass is 10.0. The van der Waals surface area contributed by atoms with Crippen molar-refractivity contribution < 1.29 is 21.9 Å². The molecule has 1 aliphatic heterocycles. The normalized spacial score (nSPS) is 20.3. The van der Waals surface area contributed by atoms with Crippen LogP contribution < -0.4 is 9.64 Å². The largest absolute Gasteiger partial charge is 0.496 e.